The highest BCUT2D eigenvalue weighted by Gasteiger charge is 1.92. The van der Waals surface area contributed by atoms with E-state index in [-0.39, 0.29) is 19.1 Å². The van der Waals surface area contributed by atoms with Crippen molar-refractivity contribution in [1.82, 2.24) is 10.9 Å². The summed E-state index contributed by atoms with van der Waals surface area (Å²) in [5.41, 5.74) is 5.77. The summed E-state index contributed by atoms with van der Waals surface area (Å²) in [5.74, 6) is -0.122. The number of hydrogen-bond donors (Lipinski definition) is 2. The highest BCUT2D eigenvalue weighted by atomic mass is 16.3. The standard InChI is InChI=1S/C5H11N2O2/c1-2-5(9)7-6-3-4-8/h8H,2-4H2,1H3,(H,7,9). The Bertz CT molecular complexity index is 85.0. The third kappa shape index (κ3) is 5.26. The number of carbonyl (C=O) groups is 1. The van der Waals surface area contributed by atoms with Crippen LogP contribution < -0.4 is 10.9 Å². The van der Waals surface area contributed by atoms with Gasteiger partial charge < -0.3 is 5.11 Å². The number of hydrogen-bond acceptors (Lipinski definition) is 2. The Balaban J connectivity index is 2.97. The fourth-order valence-corrected chi connectivity index (χ4v) is 0.273. The molecule has 9 heavy (non-hydrogen) atoms. The largest absolute Gasteiger partial charge is 0.395 e. The van der Waals surface area contributed by atoms with E-state index in [9.17, 15) is 4.79 Å². The van der Waals surface area contributed by atoms with Gasteiger partial charge in [0.15, 0.2) is 0 Å². The summed E-state index contributed by atoms with van der Waals surface area (Å²) in [6.07, 6.45) is 0.426. The van der Waals surface area contributed by atoms with Crippen LogP contribution in [0.5, 0.6) is 0 Å². The first kappa shape index (κ1) is 8.39. The summed E-state index contributed by atoms with van der Waals surface area (Å²) in [5, 5.41) is 8.21. The Kier molecular flexibility index (Phi) is 5.15. The average molecular weight is 131 g/mol. The fourth-order valence-electron chi connectivity index (χ4n) is 0.273. The van der Waals surface area contributed by atoms with Crippen LogP contribution in [0.15, 0.2) is 0 Å². The van der Waals surface area contributed by atoms with E-state index in [1.807, 2.05) is 0 Å². The zero-order valence-electron chi connectivity index (χ0n) is 5.42. The van der Waals surface area contributed by atoms with E-state index >= 15 is 0 Å². The van der Waals surface area contributed by atoms with Gasteiger partial charge in [0.2, 0.25) is 5.91 Å². The second-order valence-electron chi connectivity index (χ2n) is 1.49. The number of nitrogens with zero attached hydrogens (tertiary/aromatic N) is 1. The minimum absolute atomic E-state index is 0.0238. The molecule has 0 aromatic carbocycles. The van der Waals surface area contributed by atoms with Crippen molar-refractivity contribution in [3.8, 4) is 0 Å². The molecule has 1 radical (unpaired) electrons. The highest BCUT2D eigenvalue weighted by molar-refractivity contribution is 5.74. The molecule has 0 saturated carbocycles. The van der Waals surface area contributed by atoms with Crippen molar-refractivity contribution in [3.05, 3.63) is 0 Å². The molecular weight excluding hydrogens is 120 g/mol. The van der Waals surface area contributed by atoms with Gasteiger partial charge in [-0.3, -0.25) is 10.2 Å². The van der Waals surface area contributed by atoms with Gasteiger partial charge >= 0.3 is 0 Å². The zero-order chi connectivity index (χ0) is 7.11. The summed E-state index contributed by atoms with van der Waals surface area (Å²) < 4.78 is 0. The molecule has 4 heteroatoms. The molecule has 0 unspecified atom stereocenters. The molecule has 0 heterocycles. The van der Waals surface area contributed by atoms with Crippen molar-refractivity contribution in [3.63, 3.8) is 0 Å². The Labute approximate surface area is 54.2 Å². The van der Waals surface area contributed by atoms with E-state index in [0.29, 0.717) is 6.42 Å². The van der Waals surface area contributed by atoms with E-state index in [4.69, 9.17) is 5.11 Å². The van der Waals surface area contributed by atoms with Gasteiger partial charge in [0.05, 0.1) is 13.2 Å². The van der Waals surface area contributed by atoms with E-state index < -0.39 is 0 Å². The lowest BCUT2D eigenvalue weighted by molar-refractivity contribution is -0.121. The molecule has 0 aliphatic carbocycles. The van der Waals surface area contributed by atoms with E-state index in [1.165, 1.54) is 0 Å². The first-order valence-electron chi connectivity index (χ1n) is 2.87. The van der Waals surface area contributed by atoms with Gasteiger partial charge in [0, 0.05) is 6.42 Å². The first-order valence-corrected chi connectivity index (χ1v) is 2.87. The minimum Gasteiger partial charge on any atom is -0.395 e. The molecule has 0 rings (SSSR count). The number of nitrogens with one attached hydrogen (secondary N) is 1. The molecule has 0 aromatic heterocycles. The molecule has 0 spiro atoms. The summed E-state index contributed by atoms with van der Waals surface area (Å²) >= 11 is 0. The molecular formula is C5H11N2O2. The molecule has 0 aromatic rings. The third-order valence-corrected chi connectivity index (χ3v) is 0.737. The maximum Gasteiger partial charge on any atom is 0.235 e. The quantitative estimate of drug-likeness (QED) is 0.380. The molecule has 0 saturated heterocycles. The molecule has 53 valence electrons. The molecule has 0 bridgehead atoms. The Morgan fingerprint density at radius 1 is 1.78 bits per heavy atom. The number of aliphatic hydroxyl groups excluding tert-OH is 1. The van der Waals surface area contributed by atoms with Crippen LogP contribution in [0.4, 0.5) is 0 Å². The van der Waals surface area contributed by atoms with Gasteiger partial charge in [-0.1, -0.05) is 6.92 Å². The maximum absolute atomic E-state index is 10.4. The zero-order valence-corrected chi connectivity index (χ0v) is 5.42. The molecule has 0 aliphatic rings. The van der Waals surface area contributed by atoms with Crippen LogP contribution >= 0.6 is 0 Å². The molecule has 1 amide bonds. The fraction of sp³-hybridized carbons (Fsp3) is 0.800. The predicted molar refractivity (Wildman–Crippen MR) is 32.5 cm³/mol. The topological polar surface area (TPSA) is 63.4 Å². The van der Waals surface area contributed by atoms with Crippen LogP contribution in [0.2, 0.25) is 0 Å². The van der Waals surface area contributed by atoms with Crippen molar-refractivity contribution in [2.24, 2.45) is 0 Å². The van der Waals surface area contributed by atoms with Crippen molar-refractivity contribution in [1.29, 1.82) is 0 Å². The first-order chi connectivity index (χ1) is 4.31. The molecule has 0 atom stereocenters. The van der Waals surface area contributed by atoms with Crippen molar-refractivity contribution >= 4 is 5.91 Å². The summed E-state index contributed by atoms with van der Waals surface area (Å²) in [6.45, 7) is 1.99. The van der Waals surface area contributed by atoms with Gasteiger partial charge in [-0.2, -0.15) is 0 Å². The van der Waals surface area contributed by atoms with E-state index in [1.54, 1.807) is 6.92 Å². The summed E-state index contributed by atoms with van der Waals surface area (Å²) in [4.78, 5) is 10.4. The summed E-state index contributed by atoms with van der Waals surface area (Å²) in [6, 6.07) is 0. The van der Waals surface area contributed by atoms with Crippen LogP contribution in [0.25, 0.3) is 0 Å². The van der Waals surface area contributed by atoms with Gasteiger partial charge in [-0.25, -0.2) is 0 Å². The number of aliphatic hydroxyl groups is 1. The third-order valence-electron chi connectivity index (χ3n) is 0.737. The van der Waals surface area contributed by atoms with E-state index in [2.05, 4.69) is 10.9 Å². The van der Waals surface area contributed by atoms with E-state index in [0.717, 1.165) is 0 Å². The number of rotatable bonds is 4. The monoisotopic (exact) mass is 131 g/mol. The van der Waals surface area contributed by atoms with Gasteiger partial charge in [0.1, 0.15) is 0 Å². The molecule has 0 fully saturated rings. The lowest BCUT2D eigenvalue weighted by atomic mass is 10.5. The van der Waals surface area contributed by atoms with Crippen LogP contribution in [-0.4, -0.2) is 24.2 Å². The second-order valence-corrected chi connectivity index (χ2v) is 1.49. The van der Waals surface area contributed by atoms with Gasteiger partial charge in [-0.05, 0) is 0 Å². The second kappa shape index (κ2) is 5.53. The smallest absolute Gasteiger partial charge is 0.235 e. The van der Waals surface area contributed by atoms with Crippen LogP contribution in [-0.2, 0) is 4.79 Å². The normalized spacial score (nSPS) is 9.11. The van der Waals surface area contributed by atoms with Crippen molar-refractivity contribution in [2.75, 3.05) is 13.2 Å². The predicted octanol–water partition coefficient (Wildman–Crippen LogP) is -0.976. The minimum atomic E-state index is -0.122. The number of amides is 1. The van der Waals surface area contributed by atoms with Crippen LogP contribution in [0.3, 0.4) is 0 Å². The van der Waals surface area contributed by atoms with Crippen molar-refractivity contribution < 1.29 is 9.90 Å². The van der Waals surface area contributed by atoms with Gasteiger partial charge in [-0.15, -0.1) is 5.43 Å². The lowest BCUT2D eigenvalue weighted by Gasteiger charge is -1.98. The van der Waals surface area contributed by atoms with Crippen LogP contribution in [0.1, 0.15) is 13.3 Å². The van der Waals surface area contributed by atoms with Gasteiger partial charge in [0.25, 0.3) is 0 Å². The Hall–Kier alpha value is -0.610. The highest BCUT2D eigenvalue weighted by Crippen LogP contribution is 1.70. The number of carbonyl (C=O) groups excluding carboxylic acids is 1. The molecule has 2 N–H and O–H groups in total. The SMILES string of the molecule is CCC(=O)N[N]CCO. The Morgan fingerprint density at radius 2 is 2.44 bits per heavy atom. The molecule has 4 nitrogen and oxygen atoms in total. The van der Waals surface area contributed by atoms with Crippen LogP contribution in [0, 0.1) is 0 Å². The maximum atomic E-state index is 10.4. The van der Waals surface area contributed by atoms with Crippen molar-refractivity contribution in [2.45, 2.75) is 13.3 Å². The molecule has 0 aliphatic heterocycles. The Morgan fingerprint density at radius 3 is 2.89 bits per heavy atom. The summed E-state index contributed by atoms with van der Waals surface area (Å²) in [7, 11) is 0. The average Bonchev–Trinajstić information content (AvgIpc) is 1.89. The lowest BCUT2D eigenvalue weighted by Crippen LogP contribution is -2.32.